The average molecular weight is 495 g/mol. The number of carbonyl (C=O) groups excluding carboxylic acids is 2. The van der Waals surface area contributed by atoms with Crippen molar-refractivity contribution in [3.05, 3.63) is 72.3 Å². The van der Waals surface area contributed by atoms with Crippen LogP contribution in [0.25, 0.3) is 0 Å². The Bertz CT molecular complexity index is 905. The number of allylic oxidation sites excluding steroid dienone is 1. The summed E-state index contributed by atoms with van der Waals surface area (Å²) in [6.45, 7) is 9.42. The van der Waals surface area contributed by atoms with Crippen molar-refractivity contribution >= 4 is 12.3 Å². The molecule has 0 amide bonds. The number of benzene rings is 2. The first-order valence-corrected chi connectivity index (χ1v) is 13.1. The van der Waals surface area contributed by atoms with Crippen LogP contribution >= 0.6 is 0 Å². The molecule has 0 aromatic heterocycles. The molecule has 2 unspecified atom stereocenters. The van der Waals surface area contributed by atoms with Gasteiger partial charge < -0.3 is 14.2 Å². The number of rotatable bonds is 11. The first-order valence-electron chi connectivity index (χ1n) is 13.1. The minimum Gasteiger partial charge on any atom is -0.491 e. The van der Waals surface area contributed by atoms with E-state index in [1.54, 1.807) is 19.2 Å². The van der Waals surface area contributed by atoms with Crippen LogP contribution in [0.3, 0.4) is 0 Å². The summed E-state index contributed by atoms with van der Waals surface area (Å²) in [5, 5.41) is 0. The topological polar surface area (TPSA) is 61.8 Å². The van der Waals surface area contributed by atoms with Gasteiger partial charge in [-0.3, -0.25) is 4.79 Å². The predicted molar refractivity (Wildman–Crippen MR) is 145 cm³/mol. The molecule has 3 rings (SSSR count). The van der Waals surface area contributed by atoms with Gasteiger partial charge in [-0.15, -0.1) is 0 Å². The van der Waals surface area contributed by atoms with Crippen molar-refractivity contribution in [3.8, 4) is 11.5 Å². The van der Waals surface area contributed by atoms with E-state index in [4.69, 9.17) is 19.0 Å². The fourth-order valence-corrected chi connectivity index (χ4v) is 4.68. The Balaban J connectivity index is 0.00000106. The zero-order valence-electron chi connectivity index (χ0n) is 22.3. The van der Waals surface area contributed by atoms with E-state index in [9.17, 15) is 4.79 Å². The summed E-state index contributed by atoms with van der Waals surface area (Å²) in [7, 11) is 1.70. The smallest absolute Gasteiger partial charge is 0.343 e. The van der Waals surface area contributed by atoms with Gasteiger partial charge in [0, 0.05) is 13.5 Å². The van der Waals surface area contributed by atoms with Crippen LogP contribution in [0, 0.1) is 5.92 Å². The molecule has 1 saturated carbocycles. The van der Waals surface area contributed by atoms with Crippen molar-refractivity contribution < 1.29 is 23.8 Å². The summed E-state index contributed by atoms with van der Waals surface area (Å²) in [4.78, 5) is 21.6. The van der Waals surface area contributed by atoms with E-state index in [1.165, 1.54) is 50.2 Å². The largest absolute Gasteiger partial charge is 0.491 e. The molecular formula is C31H42O5. The Hall–Kier alpha value is -2.92. The van der Waals surface area contributed by atoms with Crippen LogP contribution in [-0.2, 0) is 9.53 Å². The Morgan fingerprint density at radius 1 is 0.972 bits per heavy atom. The highest BCUT2D eigenvalue weighted by Crippen LogP contribution is 2.37. The summed E-state index contributed by atoms with van der Waals surface area (Å²) >= 11 is 0. The summed E-state index contributed by atoms with van der Waals surface area (Å²) in [6, 6.07) is 15.2. The third-order valence-corrected chi connectivity index (χ3v) is 6.70. The van der Waals surface area contributed by atoms with Crippen LogP contribution in [0.2, 0.25) is 0 Å². The fraction of sp³-hybridized carbons (Fsp3) is 0.484. The molecule has 0 radical (unpaired) electrons. The molecule has 1 fully saturated rings. The van der Waals surface area contributed by atoms with Crippen LogP contribution in [-0.4, -0.2) is 31.6 Å². The molecule has 1 aliphatic carbocycles. The first-order chi connectivity index (χ1) is 17.4. The van der Waals surface area contributed by atoms with E-state index in [-0.39, 0.29) is 18.2 Å². The molecule has 0 spiro atoms. The molecule has 5 nitrogen and oxygen atoms in total. The molecule has 0 aliphatic heterocycles. The predicted octanol–water partition coefficient (Wildman–Crippen LogP) is 7.54. The summed E-state index contributed by atoms with van der Waals surface area (Å²) < 4.78 is 16.8. The summed E-state index contributed by atoms with van der Waals surface area (Å²) in [5.74, 6) is 2.50. The lowest BCUT2D eigenvalue weighted by Gasteiger charge is -2.28. The quantitative estimate of drug-likeness (QED) is 0.140. The maximum atomic E-state index is 12.5. The zero-order chi connectivity index (χ0) is 26.3. The normalized spacial score (nSPS) is 18.7. The highest BCUT2D eigenvalue weighted by Gasteiger charge is 2.22. The molecule has 36 heavy (non-hydrogen) atoms. The maximum Gasteiger partial charge on any atom is 0.343 e. The fourth-order valence-electron chi connectivity index (χ4n) is 4.68. The molecule has 2 atom stereocenters. The standard InChI is InChI=1S/C28H38O4.C3H4O/c1-5-6-22-7-9-23(10-8-22)24-11-15-27(16-12-24)32-28(29)25-13-17-26(18-14-25)31-21(3)19-20(2)30-4;1-2-3-4/h11-18,20-23H,5-10,19H2,1-4H3;2-3H,1H2. The van der Waals surface area contributed by atoms with Gasteiger partial charge in [0.15, 0.2) is 0 Å². The molecule has 2 aromatic carbocycles. The number of hydrogen-bond donors (Lipinski definition) is 0. The highest BCUT2D eigenvalue weighted by atomic mass is 16.5. The Labute approximate surface area is 216 Å². The van der Waals surface area contributed by atoms with Crippen molar-refractivity contribution in [1.29, 1.82) is 0 Å². The van der Waals surface area contributed by atoms with Crippen molar-refractivity contribution in [2.45, 2.75) is 83.8 Å². The lowest BCUT2D eigenvalue weighted by atomic mass is 9.77. The van der Waals surface area contributed by atoms with Crippen LogP contribution in [0.5, 0.6) is 11.5 Å². The third-order valence-electron chi connectivity index (χ3n) is 6.70. The number of ether oxygens (including phenoxy) is 3. The van der Waals surface area contributed by atoms with E-state index < -0.39 is 0 Å². The molecule has 0 N–H and O–H groups in total. The van der Waals surface area contributed by atoms with Gasteiger partial charge in [-0.1, -0.05) is 38.5 Å². The first kappa shape index (κ1) is 29.3. The minimum absolute atomic E-state index is 0.0305. The molecule has 0 heterocycles. The second kappa shape index (κ2) is 15.9. The molecule has 1 aliphatic rings. The van der Waals surface area contributed by atoms with Gasteiger partial charge in [-0.2, -0.15) is 0 Å². The van der Waals surface area contributed by atoms with Gasteiger partial charge in [-0.25, -0.2) is 4.79 Å². The number of carbonyl (C=O) groups is 2. The van der Waals surface area contributed by atoms with E-state index in [0.29, 0.717) is 23.5 Å². The van der Waals surface area contributed by atoms with Crippen LogP contribution < -0.4 is 9.47 Å². The van der Waals surface area contributed by atoms with E-state index in [2.05, 4.69) is 25.6 Å². The van der Waals surface area contributed by atoms with Gasteiger partial charge in [-0.05, 0) is 99.4 Å². The number of esters is 1. The number of methoxy groups -OCH3 is 1. The van der Waals surface area contributed by atoms with Gasteiger partial charge in [0.2, 0.25) is 0 Å². The van der Waals surface area contributed by atoms with Gasteiger partial charge >= 0.3 is 5.97 Å². The molecule has 196 valence electrons. The lowest BCUT2D eigenvalue weighted by Crippen LogP contribution is -2.19. The second-order valence-electron chi connectivity index (χ2n) is 9.57. The van der Waals surface area contributed by atoms with Crippen molar-refractivity contribution in [1.82, 2.24) is 0 Å². The Morgan fingerprint density at radius 3 is 2.08 bits per heavy atom. The van der Waals surface area contributed by atoms with Crippen LogP contribution in [0.15, 0.2) is 61.2 Å². The Morgan fingerprint density at radius 2 is 1.56 bits per heavy atom. The van der Waals surface area contributed by atoms with E-state index in [1.807, 2.05) is 38.1 Å². The molecule has 2 aromatic rings. The monoisotopic (exact) mass is 494 g/mol. The van der Waals surface area contributed by atoms with E-state index in [0.717, 1.165) is 18.1 Å². The SMILES string of the molecule is C=CC=O.CCCC1CCC(c2ccc(OC(=O)c3ccc(OC(C)CC(C)OC)cc3)cc2)CC1. The molecule has 5 heteroatoms. The van der Waals surface area contributed by atoms with Crippen molar-refractivity contribution in [2.24, 2.45) is 5.92 Å². The Kier molecular flexibility index (Phi) is 13.0. The molecule has 0 saturated heterocycles. The molecule has 0 bridgehead atoms. The summed E-state index contributed by atoms with van der Waals surface area (Å²) in [6.07, 6.45) is 10.7. The average Bonchev–Trinajstić information content (AvgIpc) is 2.90. The summed E-state index contributed by atoms with van der Waals surface area (Å²) in [5.41, 5.74) is 1.87. The maximum absolute atomic E-state index is 12.5. The van der Waals surface area contributed by atoms with Gasteiger partial charge in [0.25, 0.3) is 0 Å². The van der Waals surface area contributed by atoms with Crippen molar-refractivity contribution in [2.75, 3.05) is 7.11 Å². The van der Waals surface area contributed by atoms with Gasteiger partial charge in [0.05, 0.1) is 17.8 Å². The zero-order valence-corrected chi connectivity index (χ0v) is 22.3. The number of aldehydes is 1. The van der Waals surface area contributed by atoms with Crippen LogP contribution in [0.4, 0.5) is 0 Å². The highest BCUT2D eigenvalue weighted by molar-refractivity contribution is 5.91. The van der Waals surface area contributed by atoms with Gasteiger partial charge in [0.1, 0.15) is 17.8 Å². The minimum atomic E-state index is -0.356. The molecular weight excluding hydrogens is 452 g/mol. The van der Waals surface area contributed by atoms with Crippen LogP contribution in [0.1, 0.15) is 87.6 Å². The lowest BCUT2D eigenvalue weighted by molar-refractivity contribution is -0.104. The van der Waals surface area contributed by atoms with Crippen molar-refractivity contribution in [3.63, 3.8) is 0 Å². The van der Waals surface area contributed by atoms with E-state index >= 15 is 0 Å². The number of hydrogen-bond acceptors (Lipinski definition) is 5. The second-order valence-corrected chi connectivity index (χ2v) is 9.57. The third kappa shape index (κ3) is 9.98.